The molecule has 0 aliphatic carbocycles. The molecule has 1 heterocycles. The predicted molar refractivity (Wildman–Crippen MR) is 88.6 cm³/mol. The van der Waals surface area contributed by atoms with Gasteiger partial charge in [-0.05, 0) is 35.4 Å². The molecule has 2 aromatic rings. The Kier molecular flexibility index (Phi) is 5.57. The molecule has 0 aliphatic heterocycles. The molecule has 3 heteroatoms. The summed E-state index contributed by atoms with van der Waals surface area (Å²) in [7, 11) is 0. The second-order valence-electron chi connectivity index (χ2n) is 6.36. The minimum absolute atomic E-state index is 0.498. The van der Waals surface area contributed by atoms with Crippen molar-refractivity contribution in [3.8, 4) is 5.88 Å². The molecule has 2 rings (SSSR count). The average molecular weight is 286 g/mol. The Hall–Kier alpha value is -1.61. The molecule has 1 aromatic heterocycles. The van der Waals surface area contributed by atoms with Crippen LogP contribution in [0, 0.1) is 11.8 Å². The first-order chi connectivity index (χ1) is 10.1. The van der Waals surface area contributed by atoms with E-state index in [-0.39, 0.29) is 0 Å². The van der Waals surface area contributed by atoms with E-state index in [1.54, 1.807) is 0 Å². The van der Waals surface area contributed by atoms with Gasteiger partial charge in [-0.2, -0.15) is 0 Å². The number of hydrogen-bond donors (Lipinski definition) is 1. The summed E-state index contributed by atoms with van der Waals surface area (Å²) in [5.41, 5.74) is 1.23. The van der Waals surface area contributed by atoms with Gasteiger partial charge in [0, 0.05) is 18.1 Å². The van der Waals surface area contributed by atoms with E-state index in [0.717, 1.165) is 24.4 Å². The summed E-state index contributed by atoms with van der Waals surface area (Å²) in [4.78, 5) is 4.51. The third kappa shape index (κ3) is 4.43. The highest BCUT2D eigenvalue weighted by Gasteiger charge is 2.09. The van der Waals surface area contributed by atoms with Gasteiger partial charge in [0.15, 0.2) is 0 Å². The third-order valence-corrected chi connectivity index (χ3v) is 3.26. The van der Waals surface area contributed by atoms with Gasteiger partial charge in [-0.25, -0.2) is 4.98 Å². The maximum absolute atomic E-state index is 5.85. The first-order valence-corrected chi connectivity index (χ1v) is 7.78. The van der Waals surface area contributed by atoms with Crippen LogP contribution in [0.15, 0.2) is 30.5 Å². The van der Waals surface area contributed by atoms with Crippen LogP contribution in [0.3, 0.4) is 0 Å². The first kappa shape index (κ1) is 15.8. The Labute approximate surface area is 127 Å². The molecule has 0 aliphatic rings. The van der Waals surface area contributed by atoms with E-state index in [4.69, 9.17) is 4.74 Å². The van der Waals surface area contributed by atoms with E-state index >= 15 is 0 Å². The largest absolute Gasteiger partial charge is 0.477 e. The quantitative estimate of drug-likeness (QED) is 0.835. The van der Waals surface area contributed by atoms with Gasteiger partial charge in [-0.1, -0.05) is 45.9 Å². The SMILES string of the molecule is CC(C)CNCc1cnc(OCC(C)C)c2ccccc12. The van der Waals surface area contributed by atoms with Crippen LogP contribution >= 0.6 is 0 Å². The van der Waals surface area contributed by atoms with Gasteiger partial charge in [0.25, 0.3) is 0 Å². The number of ether oxygens (including phenoxy) is 1. The molecule has 1 aromatic carbocycles. The number of pyridine rings is 1. The molecule has 21 heavy (non-hydrogen) atoms. The van der Waals surface area contributed by atoms with E-state index in [1.807, 2.05) is 12.3 Å². The highest BCUT2D eigenvalue weighted by atomic mass is 16.5. The summed E-state index contributed by atoms with van der Waals surface area (Å²) in [6.07, 6.45) is 1.94. The maximum Gasteiger partial charge on any atom is 0.221 e. The fourth-order valence-corrected chi connectivity index (χ4v) is 2.22. The molecule has 114 valence electrons. The number of benzene rings is 1. The Morgan fingerprint density at radius 2 is 1.76 bits per heavy atom. The standard InChI is InChI=1S/C18H26N2O/c1-13(2)9-19-10-15-11-20-18(21-12-14(3)4)17-8-6-5-7-16(15)17/h5-8,11,13-14,19H,9-10,12H2,1-4H3. The monoisotopic (exact) mass is 286 g/mol. The summed E-state index contributed by atoms with van der Waals surface area (Å²) >= 11 is 0. The van der Waals surface area contributed by atoms with Crippen LogP contribution in [-0.4, -0.2) is 18.1 Å². The molecule has 3 nitrogen and oxygen atoms in total. The lowest BCUT2D eigenvalue weighted by Crippen LogP contribution is -2.19. The maximum atomic E-state index is 5.85. The molecule has 0 bridgehead atoms. The minimum Gasteiger partial charge on any atom is -0.477 e. The molecule has 0 unspecified atom stereocenters. The van der Waals surface area contributed by atoms with Crippen molar-refractivity contribution >= 4 is 10.8 Å². The fraction of sp³-hybridized carbons (Fsp3) is 0.500. The lowest BCUT2D eigenvalue weighted by atomic mass is 10.1. The Morgan fingerprint density at radius 1 is 1.05 bits per heavy atom. The zero-order chi connectivity index (χ0) is 15.2. The number of hydrogen-bond acceptors (Lipinski definition) is 3. The lowest BCUT2D eigenvalue weighted by Gasteiger charge is -2.13. The van der Waals surface area contributed by atoms with Crippen molar-refractivity contribution in [3.63, 3.8) is 0 Å². The van der Waals surface area contributed by atoms with Crippen LogP contribution < -0.4 is 10.1 Å². The summed E-state index contributed by atoms with van der Waals surface area (Å²) in [5.74, 6) is 1.89. The molecule has 1 N–H and O–H groups in total. The van der Waals surface area contributed by atoms with Gasteiger partial charge in [0.2, 0.25) is 5.88 Å². The summed E-state index contributed by atoms with van der Waals surface area (Å²) < 4.78 is 5.85. The van der Waals surface area contributed by atoms with Gasteiger partial charge >= 0.3 is 0 Å². The highest BCUT2D eigenvalue weighted by Crippen LogP contribution is 2.26. The molecule has 0 amide bonds. The summed E-state index contributed by atoms with van der Waals surface area (Å²) in [6.45, 7) is 11.3. The van der Waals surface area contributed by atoms with E-state index in [2.05, 4.69) is 56.2 Å². The number of aromatic nitrogens is 1. The number of nitrogens with zero attached hydrogens (tertiary/aromatic N) is 1. The molecular weight excluding hydrogens is 260 g/mol. The molecule has 0 spiro atoms. The van der Waals surface area contributed by atoms with Crippen LogP contribution in [0.4, 0.5) is 0 Å². The minimum atomic E-state index is 0.498. The summed E-state index contributed by atoms with van der Waals surface area (Å²) in [5, 5.41) is 5.81. The second kappa shape index (κ2) is 7.41. The van der Waals surface area contributed by atoms with Crippen molar-refractivity contribution in [1.82, 2.24) is 10.3 Å². The molecule has 0 atom stereocenters. The van der Waals surface area contributed by atoms with Crippen molar-refractivity contribution in [2.45, 2.75) is 34.2 Å². The zero-order valence-corrected chi connectivity index (χ0v) is 13.5. The van der Waals surface area contributed by atoms with E-state index in [9.17, 15) is 0 Å². The zero-order valence-electron chi connectivity index (χ0n) is 13.5. The van der Waals surface area contributed by atoms with Crippen molar-refractivity contribution < 1.29 is 4.74 Å². The van der Waals surface area contributed by atoms with Crippen molar-refractivity contribution in [3.05, 3.63) is 36.0 Å². The topological polar surface area (TPSA) is 34.2 Å². The summed E-state index contributed by atoms with van der Waals surface area (Å²) in [6, 6.07) is 8.34. The normalized spacial score (nSPS) is 11.5. The highest BCUT2D eigenvalue weighted by molar-refractivity contribution is 5.89. The van der Waals surface area contributed by atoms with Crippen LogP contribution in [0.25, 0.3) is 10.8 Å². The van der Waals surface area contributed by atoms with E-state index in [0.29, 0.717) is 18.4 Å². The number of fused-ring (bicyclic) bond motifs is 1. The Balaban J connectivity index is 2.22. The van der Waals surface area contributed by atoms with Gasteiger partial charge in [-0.15, -0.1) is 0 Å². The van der Waals surface area contributed by atoms with Crippen LogP contribution in [0.2, 0.25) is 0 Å². The lowest BCUT2D eigenvalue weighted by molar-refractivity contribution is 0.264. The van der Waals surface area contributed by atoms with E-state index < -0.39 is 0 Å². The van der Waals surface area contributed by atoms with E-state index in [1.165, 1.54) is 10.9 Å². The molecular formula is C18H26N2O. The Bertz CT molecular complexity index is 578. The predicted octanol–water partition coefficient (Wildman–Crippen LogP) is 4.02. The van der Waals surface area contributed by atoms with Gasteiger partial charge in [-0.3, -0.25) is 0 Å². The first-order valence-electron chi connectivity index (χ1n) is 7.78. The number of nitrogens with one attached hydrogen (secondary N) is 1. The third-order valence-electron chi connectivity index (χ3n) is 3.26. The molecule has 0 radical (unpaired) electrons. The molecule has 0 saturated heterocycles. The smallest absolute Gasteiger partial charge is 0.221 e. The van der Waals surface area contributed by atoms with Gasteiger partial charge < -0.3 is 10.1 Å². The van der Waals surface area contributed by atoms with Crippen LogP contribution in [-0.2, 0) is 6.54 Å². The van der Waals surface area contributed by atoms with Crippen molar-refractivity contribution in [2.75, 3.05) is 13.2 Å². The average Bonchev–Trinajstić information content (AvgIpc) is 2.45. The second-order valence-corrected chi connectivity index (χ2v) is 6.36. The molecule has 0 saturated carbocycles. The Morgan fingerprint density at radius 3 is 2.43 bits per heavy atom. The van der Waals surface area contributed by atoms with Gasteiger partial charge in [0.1, 0.15) is 0 Å². The molecule has 0 fully saturated rings. The van der Waals surface area contributed by atoms with Crippen molar-refractivity contribution in [2.24, 2.45) is 11.8 Å². The fourth-order valence-electron chi connectivity index (χ4n) is 2.22. The van der Waals surface area contributed by atoms with Crippen LogP contribution in [0.1, 0.15) is 33.3 Å². The van der Waals surface area contributed by atoms with Crippen LogP contribution in [0.5, 0.6) is 5.88 Å². The van der Waals surface area contributed by atoms with Crippen molar-refractivity contribution in [1.29, 1.82) is 0 Å². The van der Waals surface area contributed by atoms with Gasteiger partial charge in [0.05, 0.1) is 6.61 Å². The number of rotatable bonds is 7.